The highest BCUT2D eigenvalue weighted by Crippen LogP contribution is 2.21. The third-order valence-electron chi connectivity index (χ3n) is 6.08. The van der Waals surface area contributed by atoms with Gasteiger partial charge in [0.2, 0.25) is 5.91 Å². The van der Waals surface area contributed by atoms with E-state index in [1.807, 2.05) is 0 Å². The second kappa shape index (κ2) is 11.9. The van der Waals surface area contributed by atoms with Crippen LogP contribution in [0.5, 0.6) is 5.75 Å². The van der Waals surface area contributed by atoms with E-state index in [0.717, 1.165) is 25.7 Å². The molecule has 186 valence electrons. The highest BCUT2D eigenvalue weighted by atomic mass is 16.5. The van der Waals surface area contributed by atoms with E-state index in [9.17, 15) is 14.4 Å². The fourth-order valence-corrected chi connectivity index (χ4v) is 4.12. The molecule has 1 aliphatic carbocycles. The van der Waals surface area contributed by atoms with Crippen molar-refractivity contribution in [2.75, 3.05) is 29.6 Å². The molecule has 0 heterocycles. The molecule has 0 spiro atoms. The summed E-state index contributed by atoms with van der Waals surface area (Å²) in [7, 11) is 1.59. The van der Waals surface area contributed by atoms with Crippen LogP contribution in [0.15, 0.2) is 72.8 Å². The predicted molar refractivity (Wildman–Crippen MR) is 141 cm³/mol. The van der Waals surface area contributed by atoms with Crippen molar-refractivity contribution in [1.29, 1.82) is 0 Å². The number of carbonyl (C=O) groups is 3. The van der Waals surface area contributed by atoms with Crippen LogP contribution in [-0.4, -0.2) is 37.4 Å². The highest BCUT2D eigenvalue weighted by molar-refractivity contribution is 6.05. The Morgan fingerprint density at radius 3 is 2.17 bits per heavy atom. The Morgan fingerprint density at radius 2 is 1.47 bits per heavy atom. The van der Waals surface area contributed by atoms with Gasteiger partial charge >= 0.3 is 0 Å². The number of benzene rings is 3. The normalized spacial score (nSPS) is 13.0. The van der Waals surface area contributed by atoms with Gasteiger partial charge in [-0.15, -0.1) is 0 Å². The van der Waals surface area contributed by atoms with E-state index >= 15 is 0 Å². The van der Waals surface area contributed by atoms with Crippen molar-refractivity contribution < 1.29 is 19.1 Å². The Labute approximate surface area is 210 Å². The molecule has 0 unspecified atom stereocenters. The van der Waals surface area contributed by atoms with Crippen LogP contribution in [0.25, 0.3) is 0 Å². The number of carbonyl (C=O) groups excluding carboxylic acids is 3. The summed E-state index contributed by atoms with van der Waals surface area (Å²) in [6.45, 7) is 0.00989. The molecule has 3 amide bonds. The van der Waals surface area contributed by atoms with Crippen LogP contribution in [0.1, 0.15) is 46.4 Å². The molecule has 1 fully saturated rings. The second-order valence-corrected chi connectivity index (χ2v) is 8.66. The fourth-order valence-electron chi connectivity index (χ4n) is 4.12. The maximum Gasteiger partial charge on any atom is 0.255 e. The number of amides is 3. The highest BCUT2D eigenvalue weighted by Gasteiger charge is 2.20. The molecule has 36 heavy (non-hydrogen) atoms. The van der Waals surface area contributed by atoms with Gasteiger partial charge in [-0.05, 0) is 73.5 Å². The number of anilines is 3. The van der Waals surface area contributed by atoms with Gasteiger partial charge < -0.3 is 26.0 Å². The molecule has 0 saturated heterocycles. The zero-order valence-electron chi connectivity index (χ0n) is 20.2. The van der Waals surface area contributed by atoms with Crippen molar-refractivity contribution in [3.8, 4) is 5.75 Å². The van der Waals surface area contributed by atoms with Crippen molar-refractivity contribution in [2.45, 2.75) is 31.7 Å². The van der Waals surface area contributed by atoms with E-state index in [4.69, 9.17) is 4.74 Å². The quantitative estimate of drug-likeness (QED) is 0.352. The van der Waals surface area contributed by atoms with Gasteiger partial charge in [0.1, 0.15) is 5.75 Å². The molecule has 0 atom stereocenters. The minimum absolute atomic E-state index is 0.00989. The zero-order valence-corrected chi connectivity index (χ0v) is 20.2. The molecule has 1 aliphatic rings. The van der Waals surface area contributed by atoms with Gasteiger partial charge in [0.25, 0.3) is 11.8 Å². The minimum atomic E-state index is -0.280. The van der Waals surface area contributed by atoms with E-state index in [2.05, 4.69) is 21.3 Å². The Kier molecular flexibility index (Phi) is 8.18. The van der Waals surface area contributed by atoms with Crippen molar-refractivity contribution in [3.63, 3.8) is 0 Å². The Bertz CT molecular complexity index is 1200. The first kappa shape index (κ1) is 24.8. The summed E-state index contributed by atoms with van der Waals surface area (Å²) in [6.07, 6.45) is 4.24. The topological polar surface area (TPSA) is 109 Å². The average molecular weight is 487 g/mol. The summed E-state index contributed by atoms with van der Waals surface area (Å²) in [6, 6.07) is 21.1. The first-order valence-corrected chi connectivity index (χ1v) is 12.0. The molecule has 4 N–H and O–H groups in total. The molecule has 4 rings (SSSR count). The molecule has 3 aromatic rings. The average Bonchev–Trinajstić information content (AvgIpc) is 3.41. The van der Waals surface area contributed by atoms with E-state index in [1.165, 1.54) is 0 Å². The van der Waals surface area contributed by atoms with E-state index < -0.39 is 0 Å². The second-order valence-electron chi connectivity index (χ2n) is 8.66. The maximum atomic E-state index is 12.7. The van der Waals surface area contributed by atoms with Crippen LogP contribution in [0.3, 0.4) is 0 Å². The molecular formula is C28H30N4O4. The first-order chi connectivity index (χ1) is 17.5. The summed E-state index contributed by atoms with van der Waals surface area (Å²) in [5.41, 5.74) is 2.77. The van der Waals surface area contributed by atoms with Gasteiger partial charge in [0.15, 0.2) is 0 Å². The van der Waals surface area contributed by atoms with Crippen molar-refractivity contribution in [3.05, 3.63) is 83.9 Å². The standard InChI is InChI=1S/C28H30N4O4/c1-36-23-16-14-22(15-17-23)30-27(34)19-10-12-20(13-11-19)29-18-26(33)32-25-9-5-4-8-24(25)28(35)31-21-6-2-3-7-21/h4-5,8-17,21,29H,2-3,6-7,18H2,1H3,(H,30,34)(H,31,35)(H,32,33). The van der Waals surface area contributed by atoms with E-state index in [0.29, 0.717) is 33.9 Å². The first-order valence-electron chi connectivity index (χ1n) is 12.0. The summed E-state index contributed by atoms with van der Waals surface area (Å²) in [5, 5.41) is 11.7. The maximum absolute atomic E-state index is 12.7. The Morgan fingerprint density at radius 1 is 0.806 bits per heavy atom. The minimum Gasteiger partial charge on any atom is -0.497 e. The van der Waals surface area contributed by atoms with Gasteiger partial charge in [0, 0.05) is 23.0 Å². The fraction of sp³-hybridized carbons (Fsp3) is 0.250. The number of rotatable bonds is 9. The summed E-state index contributed by atoms with van der Waals surface area (Å²) < 4.78 is 5.12. The summed E-state index contributed by atoms with van der Waals surface area (Å²) in [4.78, 5) is 37.7. The van der Waals surface area contributed by atoms with Gasteiger partial charge in [-0.25, -0.2) is 0 Å². The van der Waals surface area contributed by atoms with Crippen molar-refractivity contribution in [1.82, 2.24) is 5.32 Å². The number of para-hydroxylation sites is 1. The lowest BCUT2D eigenvalue weighted by Gasteiger charge is -2.15. The molecule has 8 heteroatoms. The monoisotopic (exact) mass is 486 g/mol. The molecule has 0 aliphatic heterocycles. The summed E-state index contributed by atoms with van der Waals surface area (Å²) >= 11 is 0. The van der Waals surface area contributed by atoms with Gasteiger partial charge in [-0.3, -0.25) is 14.4 Å². The van der Waals surface area contributed by atoms with Crippen LogP contribution in [0.4, 0.5) is 17.1 Å². The van der Waals surface area contributed by atoms with Crippen molar-refractivity contribution in [2.24, 2.45) is 0 Å². The molecule has 3 aromatic carbocycles. The van der Waals surface area contributed by atoms with E-state index in [-0.39, 0.29) is 30.3 Å². The molecule has 0 bridgehead atoms. The molecule has 8 nitrogen and oxygen atoms in total. The molecule has 0 radical (unpaired) electrons. The van der Waals surface area contributed by atoms with Gasteiger partial charge in [-0.2, -0.15) is 0 Å². The number of methoxy groups -OCH3 is 1. The smallest absolute Gasteiger partial charge is 0.255 e. The largest absolute Gasteiger partial charge is 0.497 e. The molecule has 1 saturated carbocycles. The molecule has 0 aromatic heterocycles. The van der Waals surface area contributed by atoms with Crippen LogP contribution < -0.4 is 26.0 Å². The lowest BCUT2D eigenvalue weighted by atomic mass is 10.1. The summed E-state index contributed by atoms with van der Waals surface area (Å²) in [5.74, 6) is 0.0203. The van der Waals surface area contributed by atoms with Gasteiger partial charge in [-0.1, -0.05) is 25.0 Å². The lowest BCUT2D eigenvalue weighted by molar-refractivity contribution is -0.114. The van der Waals surface area contributed by atoms with E-state index in [1.54, 1.807) is 79.9 Å². The third-order valence-corrected chi connectivity index (χ3v) is 6.08. The number of hydrogen-bond donors (Lipinski definition) is 4. The predicted octanol–water partition coefficient (Wildman–Crippen LogP) is 4.67. The van der Waals surface area contributed by atoms with Crippen LogP contribution in [0.2, 0.25) is 0 Å². The zero-order chi connectivity index (χ0) is 25.3. The lowest BCUT2D eigenvalue weighted by Crippen LogP contribution is -2.33. The number of hydrogen-bond acceptors (Lipinski definition) is 5. The van der Waals surface area contributed by atoms with Crippen molar-refractivity contribution >= 4 is 34.8 Å². The SMILES string of the molecule is COc1ccc(NC(=O)c2ccc(NCC(=O)Nc3ccccc3C(=O)NC3CCCC3)cc2)cc1. The van der Waals surface area contributed by atoms with Crippen LogP contribution in [0, 0.1) is 0 Å². The van der Waals surface area contributed by atoms with Crippen LogP contribution >= 0.6 is 0 Å². The van der Waals surface area contributed by atoms with Gasteiger partial charge in [0.05, 0.1) is 24.9 Å². The van der Waals surface area contributed by atoms with Crippen LogP contribution in [-0.2, 0) is 4.79 Å². The number of ether oxygens (including phenoxy) is 1. The Balaban J connectivity index is 1.28. The third kappa shape index (κ3) is 6.63. The number of nitrogens with one attached hydrogen (secondary N) is 4. The molecular weight excluding hydrogens is 456 g/mol. The Hall–Kier alpha value is -4.33.